The molecule has 0 aliphatic carbocycles. The van der Waals surface area contributed by atoms with Gasteiger partial charge >= 0.3 is 6.03 Å². The summed E-state index contributed by atoms with van der Waals surface area (Å²) in [7, 11) is 0. The fourth-order valence-electron chi connectivity index (χ4n) is 2.85. The Hall–Kier alpha value is -2.08. The van der Waals surface area contributed by atoms with E-state index in [-0.39, 0.29) is 11.9 Å². The van der Waals surface area contributed by atoms with Crippen molar-refractivity contribution in [2.75, 3.05) is 32.7 Å². The van der Waals surface area contributed by atoms with Crippen LogP contribution in [0.2, 0.25) is 0 Å². The van der Waals surface area contributed by atoms with Gasteiger partial charge in [-0.15, -0.1) is 0 Å². The van der Waals surface area contributed by atoms with E-state index in [1.54, 1.807) is 6.92 Å². The van der Waals surface area contributed by atoms with Gasteiger partial charge in [0.25, 0.3) is 0 Å². The van der Waals surface area contributed by atoms with Crippen LogP contribution in [0, 0.1) is 5.92 Å². The van der Waals surface area contributed by atoms with Crippen LogP contribution in [0.5, 0.6) is 0 Å². The molecule has 1 aromatic rings. The predicted octanol–water partition coefficient (Wildman–Crippen LogP) is 1.67. The van der Waals surface area contributed by atoms with Crippen molar-refractivity contribution >= 4 is 11.9 Å². The highest BCUT2D eigenvalue weighted by Crippen LogP contribution is 2.09. The number of hydrogen-bond acceptors (Lipinski definition) is 3. The second kappa shape index (κ2) is 9.42. The van der Waals surface area contributed by atoms with Gasteiger partial charge in [0, 0.05) is 39.3 Å². The Morgan fingerprint density at radius 1 is 1.04 bits per heavy atom. The van der Waals surface area contributed by atoms with Crippen molar-refractivity contribution in [1.29, 1.82) is 0 Å². The van der Waals surface area contributed by atoms with Crippen LogP contribution in [0.25, 0.3) is 0 Å². The zero-order chi connectivity index (χ0) is 18.2. The molecule has 1 saturated heterocycles. The lowest BCUT2D eigenvalue weighted by Gasteiger charge is -2.36. The molecule has 6 nitrogen and oxygen atoms in total. The van der Waals surface area contributed by atoms with Crippen molar-refractivity contribution in [2.24, 2.45) is 5.92 Å². The molecular weight excluding hydrogens is 316 g/mol. The van der Waals surface area contributed by atoms with Gasteiger partial charge in [0.15, 0.2) is 0 Å². The molecule has 0 spiro atoms. The van der Waals surface area contributed by atoms with Crippen LogP contribution in [-0.4, -0.2) is 60.5 Å². The lowest BCUT2D eigenvalue weighted by molar-refractivity contribution is -0.134. The minimum Gasteiger partial charge on any atom is -0.338 e. The summed E-state index contributed by atoms with van der Waals surface area (Å²) >= 11 is 0. The van der Waals surface area contributed by atoms with Gasteiger partial charge in [-0.1, -0.05) is 44.2 Å². The zero-order valence-electron chi connectivity index (χ0n) is 15.5. The number of carbonyl (C=O) groups is 2. The molecule has 0 aromatic heterocycles. The van der Waals surface area contributed by atoms with Crippen LogP contribution in [-0.2, 0) is 11.3 Å². The molecule has 2 N–H and O–H groups in total. The van der Waals surface area contributed by atoms with E-state index in [1.165, 1.54) is 5.56 Å². The van der Waals surface area contributed by atoms with E-state index < -0.39 is 6.04 Å². The molecule has 6 heteroatoms. The van der Waals surface area contributed by atoms with Crippen molar-refractivity contribution in [3.05, 3.63) is 35.9 Å². The van der Waals surface area contributed by atoms with Crippen LogP contribution in [0.1, 0.15) is 26.3 Å². The van der Waals surface area contributed by atoms with E-state index in [2.05, 4.69) is 27.7 Å². The maximum Gasteiger partial charge on any atom is 0.315 e. The SMILES string of the molecule is CC(C)CNC(=O)NC(C)C(=O)N1CCN(Cc2ccccc2)CC1. The van der Waals surface area contributed by atoms with Gasteiger partial charge in [-0.05, 0) is 18.4 Å². The number of piperazine rings is 1. The number of nitrogens with one attached hydrogen (secondary N) is 2. The molecule has 1 aliphatic rings. The molecule has 1 aromatic carbocycles. The Kier molecular flexibility index (Phi) is 7.25. The first kappa shape index (κ1) is 19.2. The highest BCUT2D eigenvalue weighted by molar-refractivity contribution is 5.86. The van der Waals surface area contributed by atoms with Crippen LogP contribution < -0.4 is 10.6 Å². The normalized spacial score (nSPS) is 16.6. The minimum absolute atomic E-state index is 0.0148. The average Bonchev–Trinajstić information content (AvgIpc) is 2.61. The average molecular weight is 346 g/mol. The van der Waals surface area contributed by atoms with E-state index in [9.17, 15) is 9.59 Å². The first-order chi connectivity index (χ1) is 12.0. The lowest BCUT2D eigenvalue weighted by atomic mass is 10.2. The summed E-state index contributed by atoms with van der Waals surface area (Å²) in [6, 6.07) is 9.58. The van der Waals surface area contributed by atoms with Crippen molar-refractivity contribution in [3.8, 4) is 0 Å². The number of urea groups is 1. The smallest absolute Gasteiger partial charge is 0.315 e. The highest BCUT2D eigenvalue weighted by Gasteiger charge is 2.25. The third-order valence-corrected chi connectivity index (χ3v) is 4.32. The van der Waals surface area contributed by atoms with Crippen molar-refractivity contribution < 1.29 is 9.59 Å². The fourth-order valence-corrected chi connectivity index (χ4v) is 2.85. The summed E-state index contributed by atoms with van der Waals surface area (Å²) in [5, 5.41) is 5.50. The molecular formula is C19H30N4O2. The van der Waals surface area contributed by atoms with Gasteiger partial charge in [-0.2, -0.15) is 0 Å². The molecule has 1 atom stereocenters. The van der Waals surface area contributed by atoms with Gasteiger partial charge in [-0.25, -0.2) is 4.79 Å². The Bertz CT molecular complexity index is 554. The van der Waals surface area contributed by atoms with Crippen molar-refractivity contribution in [3.63, 3.8) is 0 Å². The van der Waals surface area contributed by atoms with Gasteiger partial charge < -0.3 is 15.5 Å². The molecule has 1 heterocycles. The monoisotopic (exact) mass is 346 g/mol. The molecule has 3 amide bonds. The Balaban J connectivity index is 1.73. The van der Waals surface area contributed by atoms with Crippen LogP contribution >= 0.6 is 0 Å². The largest absolute Gasteiger partial charge is 0.338 e. The Morgan fingerprint density at radius 3 is 2.28 bits per heavy atom. The third-order valence-electron chi connectivity index (χ3n) is 4.32. The molecule has 1 unspecified atom stereocenters. The van der Waals surface area contributed by atoms with Crippen LogP contribution in [0.3, 0.4) is 0 Å². The van der Waals surface area contributed by atoms with E-state index >= 15 is 0 Å². The number of nitrogens with zero attached hydrogens (tertiary/aromatic N) is 2. The summed E-state index contributed by atoms with van der Waals surface area (Å²) in [4.78, 5) is 28.5. The summed E-state index contributed by atoms with van der Waals surface area (Å²) in [5.41, 5.74) is 1.29. The summed E-state index contributed by atoms with van der Waals surface area (Å²) in [6.45, 7) is 10.4. The highest BCUT2D eigenvalue weighted by atomic mass is 16.2. The molecule has 2 rings (SSSR count). The topological polar surface area (TPSA) is 64.7 Å². The third kappa shape index (κ3) is 6.38. The molecule has 25 heavy (non-hydrogen) atoms. The second-order valence-electron chi connectivity index (χ2n) is 7.06. The minimum atomic E-state index is -0.507. The van der Waals surface area contributed by atoms with Crippen molar-refractivity contribution in [2.45, 2.75) is 33.4 Å². The standard InChI is InChI=1S/C19H30N4O2/c1-15(2)13-20-19(25)21-16(3)18(24)23-11-9-22(10-12-23)14-17-7-5-4-6-8-17/h4-8,15-16H,9-14H2,1-3H3,(H2,20,21,25). The number of hydrogen-bond donors (Lipinski definition) is 2. The van der Waals surface area contributed by atoms with Gasteiger partial charge in [0.05, 0.1) is 0 Å². The fraction of sp³-hybridized carbons (Fsp3) is 0.579. The molecule has 1 fully saturated rings. The lowest BCUT2D eigenvalue weighted by Crippen LogP contribution is -2.55. The Morgan fingerprint density at radius 2 is 1.68 bits per heavy atom. The van der Waals surface area contributed by atoms with E-state index in [1.807, 2.05) is 36.9 Å². The Labute approximate surface area is 150 Å². The number of carbonyl (C=O) groups excluding carboxylic acids is 2. The maximum atomic E-state index is 12.5. The molecule has 0 radical (unpaired) electrons. The van der Waals surface area contributed by atoms with Crippen LogP contribution in [0.4, 0.5) is 4.79 Å². The summed E-state index contributed by atoms with van der Waals surface area (Å²) in [5.74, 6) is 0.369. The van der Waals surface area contributed by atoms with Gasteiger partial charge in [0.2, 0.25) is 5.91 Å². The maximum absolute atomic E-state index is 12.5. The van der Waals surface area contributed by atoms with Crippen LogP contribution in [0.15, 0.2) is 30.3 Å². The van der Waals surface area contributed by atoms with E-state index in [4.69, 9.17) is 0 Å². The first-order valence-corrected chi connectivity index (χ1v) is 9.05. The second-order valence-corrected chi connectivity index (χ2v) is 7.06. The molecule has 0 saturated carbocycles. The number of amides is 3. The van der Waals surface area contributed by atoms with E-state index in [0.29, 0.717) is 25.6 Å². The number of rotatable bonds is 6. The van der Waals surface area contributed by atoms with Gasteiger partial charge in [0.1, 0.15) is 6.04 Å². The van der Waals surface area contributed by atoms with E-state index in [0.717, 1.165) is 19.6 Å². The molecule has 1 aliphatic heterocycles. The quantitative estimate of drug-likeness (QED) is 0.824. The molecule has 138 valence electrons. The summed E-state index contributed by atoms with van der Waals surface area (Å²) < 4.78 is 0. The zero-order valence-corrected chi connectivity index (χ0v) is 15.5. The number of benzene rings is 1. The first-order valence-electron chi connectivity index (χ1n) is 9.05. The van der Waals surface area contributed by atoms with Crippen molar-refractivity contribution in [1.82, 2.24) is 20.4 Å². The summed E-state index contributed by atoms with van der Waals surface area (Å²) in [6.07, 6.45) is 0. The van der Waals surface area contributed by atoms with Gasteiger partial charge in [-0.3, -0.25) is 9.69 Å². The predicted molar refractivity (Wildman–Crippen MR) is 99.1 cm³/mol. The molecule has 0 bridgehead atoms.